The summed E-state index contributed by atoms with van der Waals surface area (Å²) in [7, 11) is 0. The zero-order valence-corrected chi connectivity index (χ0v) is 21.2. The predicted molar refractivity (Wildman–Crippen MR) is 157 cm³/mol. The van der Waals surface area contributed by atoms with Crippen LogP contribution in [-0.2, 0) is 0 Å². The summed E-state index contributed by atoms with van der Waals surface area (Å²) in [5, 5.41) is 7.65. The zero-order chi connectivity index (χ0) is 26.7. The summed E-state index contributed by atoms with van der Waals surface area (Å²) >= 11 is 0. The maximum atomic E-state index is 7.65. The van der Waals surface area contributed by atoms with Crippen LogP contribution in [0.25, 0.3) is 50.5 Å². The van der Waals surface area contributed by atoms with Gasteiger partial charge in [-0.15, -0.1) is 0 Å². The van der Waals surface area contributed by atoms with Gasteiger partial charge in [-0.2, -0.15) is 0 Å². The Morgan fingerprint density at radius 3 is 1.62 bits per heavy atom. The van der Waals surface area contributed by atoms with Crippen molar-refractivity contribution < 1.29 is 0 Å². The minimum atomic E-state index is 0.0499. The number of nitrogens with one attached hydrogen (secondary N) is 3. The third-order valence-electron chi connectivity index (χ3n) is 7.66. The van der Waals surface area contributed by atoms with Crippen molar-refractivity contribution in [3.8, 4) is 22.8 Å². The van der Waals surface area contributed by atoms with Crippen molar-refractivity contribution in [1.82, 2.24) is 19.9 Å². The molecule has 1 aliphatic rings. The Morgan fingerprint density at radius 2 is 1.15 bits per heavy atom. The van der Waals surface area contributed by atoms with Gasteiger partial charge >= 0.3 is 0 Å². The molecule has 2 aromatic heterocycles. The summed E-state index contributed by atoms with van der Waals surface area (Å²) in [4.78, 5) is 16.2. The van der Waals surface area contributed by atoms with Gasteiger partial charge in [-0.05, 0) is 65.3 Å². The van der Waals surface area contributed by atoms with Crippen LogP contribution in [0.2, 0.25) is 0 Å². The van der Waals surface area contributed by atoms with Crippen LogP contribution < -0.4 is 11.5 Å². The van der Waals surface area contributed by atoms with Crippen molar-refractivity contribution >= 4 is 33.6 Å². The van der Waals surface area contributed by atoms with E-state index in [9.17, 15) is 0 Å². The van der Waals surface area contributed by atoms with E-state index in [1.54, 1.807) is 0 Å². The maximum Gasteiger partial charge on any atom is 0.138 e. The molecule has 0 bridgehead atoms. The lowest BCUT2D eigenvalue weighted by molar-refractivity contribution is 1.03. The molecule has 1 fully saturated rings. The Morgan fingerprint density at radius 1 is 0.692 bits per heavy atom. The van der Waals surface area contributed by atoms with Gasteiger partial charge in [-0.3, -0.25) is 5.41 Å². The highest BCUT2D eigenvalue weighted by molar-refractivity contribution is 5.98. The standard InChI is InChI=1S/C32H27N7/c1-17(33)22-10-12-26-28(14-22)38-31(36-26)20-6-2-18(3-7-20)24-16-25(24)19-4-8-21(9-5-19)32-37-27-13-11-23(30(34)35)15-29(27)39-32/h2-15,24-25H,1,16,33H2,(H3,34,35)(H,36,38)(H,37,39). The molecule has 190 valence electrons. The third kappa shape index (κ3) is 4.14. The average Bonchev–Trinajstić information content (AvgIpc) is 3.44. The molecule has 0 amide bonds. The maximum absolute atomic E-state index is 7.65. The first-order valence-corrected chi connectivity index (χ1v) is 12.9. The number of nitrogens with zero attached hydrogens (tertiary/aromatic N) is 2. The lowest BCUT2D eigenvalue weighted by Crippen LogP contribution is -2.10. The van der Waals surface area contributed by atoms with Crippen LogP contribution in [0.1, 0.15) is 40.5 Å². The number of hydrogen-bond donors (Lipinski definition) is 5. The summed E-state index contributed by atoms with van der Waals surface area (Å²) in [5.74, 6) is 2.76. The van der Waals surface area contributed by atoms with Crippen molar-refractivity contribution in [2.45, 2.75) is 18.3 Å². The fourth-order valence-corrected chi connectivity index (χ4v) is 5.37. The van der Waals surface area contributed by atoms with Gasteiger partial charge in [-0.25, -0.2) is 9.97 Å². The largest absolute Gasteiger partial charge is 0.399 e. The molecule has 0 saturated heterocycles. The molecule has 7 nitrogen and oxygen atoms in total. The molecule has 2 atom stereocenters. The van der Waals surface area contributed by atoms with Gasteiger partial charge in [0.15, 0.2) is 0 Å². The minimum absolute atomic E-state index is 0.0499. The lowest BCUT2D eigenvalue weighted by Gasteiger charge is -2.04. The molecule has 1 saturated carbocycles. The van der Waals surface area contributed by atoms with Crippen LogP contribution in [0.3, 0.4) is 0 Å². The van der Waals surface area contributed by atoms with Gasteiger partial charge < -0.3 is 21.4 Å². The van der Waals surface area contributed by atoms with Gasteiger partial charge in [0.2, 0.25) is 0 Å². The number of fused-ring (bicyclic) bond motifs is 2. The molecule has 0 radical (unpaired) electrons. The van der Waals surface area contributed by atoms with E-state index in [2.05, 4.69) is 65.1 Å². The Balaban J connectivity index is 1.06. The fraction of sp³-hybridized carbons (Fsp3) is 0.0938. The van der Waals surface area contributed by atoms with E-state index in [1.807, 2.05) is 36.4 Å². The van der Waals surface area contributed by atoms with Crippen LogP contribution in [-0.4, -0.2) is 25.8 Å². The Bertz CT molecular complexity index is 1750. The second-order valence-corrected chi connectivity index (χ2v) is 10.3. The highest BCUT2D eigenvalue weighted by Crippen LogP contribution is 2.54. The molecule has 4 aromatic carbocycles. The van der Waals surface area contributed by atoms with E-state index in [1.165, 1.54) is 11.1 Å². The van der Waals surface area contributed by atoms with Crippen molar-refractivity contribution in [2.75, 3.05) is 0 Å². The monoisotopic (exact) mass is 509 g/mol. The molecule has 7 rings (SSSR count). The molecule has 6 aromatic rings. The normalized spacial score (nSPS) is 16.5. The Hall–Kier alpha value is -5.17. The summed E-state index contributed by atoms with van der Waals surface area (Å²) in [5.41, 5.74) is 22.0. The van der Waals surface area contributed by atoms with E-state index >= 15 is 0 Å². The van der Waals surface area contributed by atoms with Crippen molar-refractivity contribution in [2.24, 2.45) is 11.5 Å². The number of hydrogen-bond acceptors (Lipinski definition) is 4. The first-order chi connectivity index (χ1) is 18.9. The van der Waals surface area contributed by atoms with E-state index in [4.69, 9.17) is 26.8 Å². The molecule has 7 N–H and O–H groups in total. The number of amidine groups is 1. The summed E-state index contributed by atoms with van der Waals surface area (Å²) < 4.78 is 0. The van der Waals surface area contributed by atoms with Gasteiger partial charge in [0.25, 0.3) is 0 Å². The van der Waals surface area contributed by atoms with Gasteiger partial charge in [-0.1, -0.05) is 61.2 Å². The zero-order valence-electron chi connectivity index (χ0n) is 21.2. The van der Waals surface area contributed by atoms with Crippen molar-refractivity contribution in [3.05, 3.63) is 114 Å². The second-order valence-electron chi connectivity index (χ2n) is 10.3. The lowest BCUT2D eigenvalue weighted by atomic mass is 10.0. The predicted octanol–water partition coefficient (Wildman–Crippen LogP) is 6.26. The summed E-state index contributed by atoms with van der Waals surface area (Å²) in [6, 6.07) is 28.9. The van der Waals surface area contributed by atoms with Gasteiger partial charge in [0.1, 0.15) is 17.5 Å². The SMILES string of the molecule is C=C(N)c1ccc2nc(-c3ccc(C4CC4c4ccc(-c5nc6ccc(C(=N)N)cc6[nH]5)cc4)cc3)[nH]c2c1. The number of benzene rings is 4. The highest BCUT2D eigenvalue weighted by Gasteiger charge is 2.39. The second kappa shape index (κ2) is 8.70. The van der Waals surface area contributed by atoms with Gasteiger partial charge in [0.05, 0.1) is 22.1 Å². The molecule has 39 heavy (non-hydrogen) atoms. The van der Waals surface area contributed by atoms with E-state index in [0.29, 0.717) is 23.1 Å². The molecule has 0 aliphatic heterocycles. The van der Waals surface area contributed by atoms with Crippen LogP contribution in [0.5, 0.6) is 0 Å². The molecule has 0 spiro atoms. The number of imidazole rings is 2. The molecular weight excluding hydrogens is 482 g/mol. The van der Waals surface area contributed by atoms with Gasteiger partial charge in [0, 0.05) is 22.4 Å². The Kier molecular flexibility index (Phi) is 5.13. The quantitative estimate of drug-likeness (QED) is 0.134. The van der Waals surface area contributed by atoms with E-state index in [0.717, 1.165) is 56.8 Å². The number of rotatable bonds is 6. The first kappa shape index (κ1) is 23.0. The van der Waals surface area contributed by atoms with Crippen LogP contribution >= 0.6 is 0 Å². The van der Waals surface area contributed by atoms with Crippen molar-refractivity contribution in [3.63, 3.8) is 0 Å². The molecule has 2 unspecified atom stereocenters. The van der Waals surface area contributed by atoms with Crippen LogP contribution in [0, 0.1) is 5.41 Å². The number of aromatic nitrogens is 4. The highest BCUT2D eigenvalue weighted by atomic mass is 14.9. The van der Waals surface area contributed by atoms with E-state index < -0.39 is 0 Å². The van der Waals surface area contributed by atoms with Crippen molar-refractivity contribution in [1.29, 1.82) is 5.41 Å². The molecule has 2 heterocycles. The summed E-state index contributed by atoms with van der Waals surface area (Å²) in [6.07, 6.45) is 1.15. The Labute approximate surface area is 225 Å². The smallest absolute Gasteiger partial charge is 0.138 e. The fourth-order valence-electron chi connectivity index (χ4n) is 5.37. The number of nitrogens with two attached hydrogens (primary N) is 2. The molecule has 1 aliphatic carbocycles. The minimum Gasteiger partial charge on any atom is -0.399 e. The number of aromatic amines is 2. The summed E-state index contributed by atoms with van der Waals surface area (Å²) in [6.45, 7) is 3.82. The van der Waals surface area contributed by atoms with E-state index in [-0.39, 0.29) is 5.84 Å². The average molecular weight is 510 g/mol. The third-order valence-corrected chi connectivity index (χ3v) is 7.66. The van der Waals surface area contributed by atoms with Crippen LogP contribution in [0.4, 0.5) is 0 Å². The topological polar surface area (TPSA) is 133 Å². The first-order valence-electron chi connectivity index (χ1n) is 12.9. The number of nitrogen functional groups attached to an aromatic ring is 1. The molecule has 7 heteroatoms. The number of H-pyrrole nitrogens is 2. The van der Waals surface area contributed by atoms with Crippen LogP contribution in [0.15, 0.2) is 91.5 Å². The molecular formula is C32H27N7.